The Morgan fingerprint density at radius 1 is 1.28 bits per heavy atom. The molecule has 0 atom stereocenters. The van der Waals surface area contributed by atoms with Crippen LogP contribution in [0.3, 0.4) is 0 Å². The molecule has 3 heterocycles. The second-order valence-corrected chi connectivity index (χ2v) is 7.60. The first-order valence-electron chi connectivity index (χ1n) is 6.44. The van der Waals surface area contributed by atoms with Crippen LogP contribution in [0.15, 0.2) is 11.1 Å². The molecular formula is C12H18N2O3S. The first kappa shape index (κ1) is 12.2. The van der Waals surface area contributed by atoms with Crippen molar-refractivity contribution in [2.24, 2.45) is 5.41 Å². The molecule has 0 saturated carbocycles. The zero-order valence-corrected chi connectivity index (χ0v) is 11.1. The number of sulfone groups is 1. The fourth-order valence-corrected chi connectivity index (χ4v) is 4.49. The molecule has 1 N–H and O–H groups in total. The van der Waals surface area contributed by atoms with Crippen molar-refractivity contribution in [2.45, 2.75) is 25.7 Å². The number of nitrogens with zero attached hydrogens (tertiary/aromatic N) is 1. The van der Waals surface area contributed by atoms with Crippen LogP contribution >= 0.6 is 0 Å². The number of allylic oxidation sites excluding steroid dienone is 1. The van der Waals surface area contributed by atoms with Gasteiger partial charge in [0.05, 0.1) is 11.2 Å². The van der Waals surface area contributed by atoms with E-state index in [0.29, 0.717) is 25.1 Å². The summed E-state index contributed by atoms with van der Waals surface area (Å²) >= 11 is 0. The Morgan fingerprint density at radius 3 is 2.61 bits per heavy atom. The Bertz CT molecular complexity index is 503. The molecule has 0 aromatic heterocycles. The van der Waals surface area contributed by atoms with Crippen molar-refractivity contribution >= 4 is 15.7 Å². The normalized spacial score (nSPS) is 29.9. The van der Waals surface area contributed by atoms with E-state index in [4.69, 9.17) is 0 Å². The molecule has 0 aromatic carbocycles. The van der Waals surface area contributed by atoms with E-state index < -0.39 is 9.84 Å². The molecule has 3 rings (SSSR count). The van der Waals surface area contributed by atoms with Gasteiger partial charge in [-0.1, -0.05) is 0 Å². The van der Waals surface area contributed by atoms with Crippen molar-refractivity contribution in [2.75, 3.05) is 25.4 Å². The number of hydrogen-bond acceptors (Lipinski definition) is 4. The molecule has 0 unspecified atom stereocenters. The zero-order valence-electron chi connectivity index (χ0n) is 10.3. The number of carbonyl (C=O) groups excluding carboxylic acids is 1. The van der Waals surface area contributed by atoms with Crippen molar-refractivity contribution in [1.82, 2.24) is 10.2 Å². The predicted octanol–water partition coefficient (Wildman–Crippen LogP) is 0.248. The summed E-state index contributed by atoms with van der Waals surface area (Å²) in [6, 6.07) is 0. The van der Waals surface area contributed by atoms with Crippen LogP contribution in [0.1, 0.15) is 25.7 Å². The number of likely N-dealkylation sites (tertiary alicyclic amines) is 1. The SMILES string of the molecule is O=C1CC2(CCNCC2)CN1C1=CS(=O)(=O)CC1. The lowest BCUT2D eigenvalue weighted by atomic mass is 9.78. The molecule has 0 bridgehead atoms. The van der Waals surface area contributed by atoms with Crippen LogP contribution in [0, 0.1) is 5.41 Å². The minimum atomic E-state index is -3.07. The number of amides is 1. The van der Waals surface area contributed by atoms with Gasteiger partial charge in [-0.15, -0.1) is 0 Å². The molecule has 0 radical (unpaired) electrons. The average Bonchev–Trinajstić information content (AvgIpc) is 2.81. The Kier molecular flexibility index (Phi) is 2.75. The number of rotatable bonds is 1. The smallest absolute Gasteiger partial charge is 0.227 e. The highest BCUT2D eigenvalue weighted by Gasteiger charge is 2.45. The van der Waals surface area contributed by atoms with Gasteiger partial charge in [0.25, 0.3) is 0 Å². The molecule has 0 aliphatic carbocycles. The average molecular weight is 270 g/mol. The van der Waals surface area contributed by atoms with Crippen molar-refractivity contribution in [1.29, 1.82) is 0 Å². The Morgan fingerprint density at radius 2 is 2.00 bits per heavy atom. The van der Waals surface area contributed by atoms with Crippen molar-refractivity contribution < 1.29 is 13.2 Å². The lowest BCUT2D eigenvalue weighted by Gasteiger charge is -2.33. The molecule has 100 valence electrons. The fraction of sp³-hybridized carbons (Fsp3) is 0.750. The quantitative estimate of drug-likeness (QED) is 0.741. The van der Waals surface area contributed by atoms with Gasteiger partial charge < -0.3 is 10.2 Å². The monoisotopic (exact) mass is 270 g/mol. The maximum absolute atomic E-state index is 12.1. The van der Waals surface area contributed by atoms with Crippen LogP contribution in [0.2, 0.25) is 0 Å². The summed E-state index contributed by atoms with van der Waals surface area (Å²) in [7, 11) is -3.07. The van der Waals surface area contributed by atoms with E-state index in [1.165, 1.54) is 5.41 Å². The molecule has 5 nitrogen and oxygen atoms in total. The van der Waals surface area contributed by atoms with Gasteiger partial charge in [0.1, 0.15) is 0 Å². The van der Waals surface area contributed by atoms with Crippen LogP contribution < -0.4 is 5.32 Å². The van der Waals surface area contributed by atoms with Gasteiger partial charge >= 0.3 is 0 Å². The Labute approximate surface area is 107 Å². The molecule has 1 amide bonds. The van der Waals surface area contributed by atoms with Crippen LogP contribution in [0.5, 0.6) is 0 Å². The Hall–Kier alpha value is -0.880. The third-order valence-corrected chi connectivity index (χ3v) is 5.69. The first-order chi connectivity index (χ1) is 8.50. The van der Waals surface area contributed by atoms with Crippen molar-refractivity contribution in [3.05, 3.63) is 11.1 Å². The third-order valence-electron chi connectivity index (χ3n) is 4.29. The lowest BCUT2D eigenvalue weighted by Crippen LogP contribution is -2.38. The van der Waals surface area contributed by atoms with E-state index in [2.05, 4.69) is 5.32 Å². The van der Waals surface area contributed by atoms with E-state index in [9.17, 15) is 13.2 Å². The highest BCUT2D eigenvalue weighted by Crippen LogP contribution is 2.41. The summed E-state index contributed by atoms with van der Waals surface area (Å²) in [5.74, 6) is 0.251. The van der Waals surface area contributed by atoms with Gasteiger partial charge in [0.2, 0.25) is 5.91 Å². The van der Waals surface area contributed by atoms with Gasteiger partial charge in [0, 0.05) is 25.1 Å². The van der Waals surface area contributed by atoms with Gasteiger partial charge in [-0.2, -0.15) is 0 Å². The molecule has 3 aliphatic rings. The van der Waals surface area contributed by atoms with Gasteiger partial charge in [0.15, 0.2) is 9.84 Å². The molecule has 6 heteroatoms. The summed E-state index contributed by atoms with van der Waals surface area (Å²) in [5, 5.41) is 4.60. The second kappa shape index (κ2) is 4.06. The maximum Gasteiger partial charge on any atom is 0.227 e. The minimum Gasteiger partial charge on any atom is -0.317 e. The zero-order chi connectivity index (χ0) is 12.8. The van der Waals surface area contributed by atoms with E-state index >= 15 is 0 Å². The highest BCUT2D eigenvalue weighted by molar-refractivity contribution is 7.94. The molecule has 0 aromatic rings. The molecule has 18 heavy (non-hydrogen) atoms. The first-order valence-corrected chi connectivity index (χ1v) is 8.16. The predicted molar refractivity (Wildman–Crippen MR) is 67.4 cm³/mol. The van der Waals surface area contributed by atoms with Crippen LogP contribution in [0.4, 0.5) is 0 Å². The molecule has 2 fully saturated rings. The Balaban J connectivity index is 1.81. The van der Waals surface area contributed by atoms with E-state index in [-0.39, 0.29) is 17.1 Å². The van der Waals surface area contributed by atoms with Crippen molar-refractivity contribution in [3.63, 3.8) is 0 Å². The number of hydrogen-bond donors (Lipinski definition) is 1. The third kappa shape index (κ3) is 2.07. The number of nitrogens with one attached hydrogen (secondary N) is 1. The molecule has 2 saturated heterocycles. The summed E-state index contributed by atoms with van der Waals surface area (Å²) in [4.78, 5) is 13.8. The summed E-state index contributed by atoms with van der Waals surface area (Å²) in [6.45, 7) is 2.62. The number of piperidine rings is 1. The highest BCUT2D eigenvalue weighted by atomic mass is 32.2. The molecule has 3 aliphatic heterocycles. The minimum absolute atomic E-state index is 0.0789. The van der Waals surface area contributed by atoms with Crippen LogP contribution in [-0.2, 0) is 14.6 Å². The topological polar surface area (TPSA) is 66.5 Å². The van der Waals surface area contributed by atoms with Crippen LogP contribution in [0.25, 0.3) is 0 Å². The van der Waals surface area contributed by atoms with Crippen LogP contribution in [-0.4, -0.2) is 44.6 Å². The largest absolute Gasteiger partial charge is 0.317 e. The maximum atomic E-state index is 12.1. The van der Waals surface area contributed by atoms with E-state index in [0.717, 1.165) is 25.9 Å². The fourth-order valence-electron chi connectivity index (χ4n) is 3.22. The summed E-state index contributed by atoms with van der Waals surface area (Å²) in [5.41, 5.74) is 0.783. The van der Waals surface area contributed by atoms with Gasteiger partial charge in [-0.3, -0.25) is 4.79 Å². The van der Waals surface area contributed by atoms with Crippen molar-refractivity contribution in [3.8, 4) is 0 Å². The standard InChI is InChI=1S/C12H18N2O3S/c15-11-7-12(2-4-13-5-3-12)9-14(11)10-1-6-18(16,17)8-10/h8,13H,1-7,9H2. The molecular weight excluding hydrogens is 252 g/mol. The van der Waals surface area contributed by atoms with E-state index in [1.54, 1.807) is 4.90 Å². The van der Waals surface area contributed by atoms with Gasteiger partial charge in [-0.25, -0.2) is 8.42 Å². The lowest BCUT2D eigenvalue weighted by molar-refractivity contribution is -0.126. The molecule has 1 spiro atoms. The number of carbonyl (C=O) groups is 1. The summed E-state index contributed by atoms with van der Waals surface area (Å²) in [6.07, 6.45) is 3.08. The van der Waals surface area contributed by atoms with Gasteiger partial charge in [-0.05, 0) is 31.3 Å². The second-order valence-electron chi connectivity index (χ2n) is 5.63. The van der Waals surface area contributed by atoms with E-state index in [1.807, 2.05) is 0 Å². The summed E-state index contributed by atoms with van der Waals surface area (Å²) < 4.78 is 22.9.